The topological polar surface area (TPSA) is 32.7 Å². The molecule has 1 aromatic rings. The van der Waals surface area contributed by atoms with E-state index in [0.717, 1.165) is 12.3 Å². The summed E-state index contributed by atoms with van der Waals surface area (Å²) >= 11 is 5.82. The van der Waals surface area contributed by atoms with Crippen LogP contribution in [0.2, 0.25) is 5.02 Å². The van der Waals surface area contributed by atoms with Gasteiger partial charge in [-0.15, -0.1) is 0 Å². The summed E-state index contributed by atoms with van der Waals surface area (Å²) in [5, 5.41) is 10.2. The summed E-state index contributed by atoms with van der Waals surface area (Å²) in [7, 11) is 2.01. The van der Waals surface area contributed by atoms with Crippen molar-refractivity contribution in [2.75, 3.05) is 26.8 Å². The minimum Gasteiger partial charge on any atom is -0.492 e. The predicted molar refractivity (Wildman–Crippen MR) is 79.9 cm³/mol. The van der Waals surface area contributed by atoms with E-state index < -0.39 is 0 Å². The monoisotopic (exact) mass is 285 g/mol. The van der Waals surface area contributed by atoms with Gasteiger partial charge >= 0.3 is 0 Å². The SMILES string of the molecule is CN(CCOc1ccc(Cl)cc1)[C@@H](CO)C(C)(C)C. The molecule has 0 spiro atoms. The Kier molecular flexibility index (Phi) is 6.11. The van der Waals surface area contributed by atoms with E-state index in [0.29, 0.717) is 11.6 Å². The Morgan fingerprint density at radius 1 is 1.26 bits per heavy atom. The second-order valence-electron chi connectivity index (χ2n) is 5.85. The van der Waals surface area contributed by atoms with E-state index in [-0.39, 0.29) is 18.1 Å². The third kappa shape index (κ3) is 5.39. The lowest BCUT2D eigenvalue weighted by atomic mass is 9.86. The third-order valence-electron chi connectivity index (χ3n) is 3.23. The van der Waals surface area contributed by atoms with Gasteiger partial charge < -0.3 is 9.84 Å². The summed E-state index contributed by atoms with van der Waals surface area (Å²) in [4.78, 5) is 2.13. The predicted octanol–water partition coefficient (Wildman–Crippen LogP) is 3.06. The molecule has 0 heterocycles. The fourth-order valence-corrected chi connectivity index (χ4v) is 2.19. The molecule has 0 aliphatic carbocycles. The van der Waals surface area contributed by atoms with E-state index in [9.17, 15) is 5.11 Å². The average molecular weight is 286 g/mol. The van der Waals surface area contributed by atoms with Gasteiger partial charge in [-0.1, -0.05) is 32.4 Å². The summed E-state index contributed by atoms with van der Waals surface area (Å²) in [5.74, 6) is 0.814. The van der Waals surface area contributed by atoms with Crippen molar-refractivity contribution in [1.82, 2.24) is 4.90 Å². The van der Waals surface area contributed by atoms with Crippen molar-refractivity contribution in [2.24, 2.45) is 5.41 Å². The minimum absolute atomic E-state index is 0.0454. The van der Waals surface area contributed by atoms with Gasteiger partial charge in [-0.2, -0.15) is 0 Å². The Morgan fingerprint density at radius 2 is 1.84 bits per heavy atom. The van der Waals surface area contributed by atoms with Crippen molar-refractivity contribution in [3.05, 3.63) is 29.3 Å². The van der Waals surface area contributed by atoms with Crippen molar-refractivity contribution >= 4 is 11.6 Å². The maximum atomic E-state index is 9.48. The van der Waals surface area contributed by atoms with Crippen molar-refractivity contribution in [3.8, 4) is 5.75 Å². The number of aliphatic hydroxyl groups excluding tert-OH is 1. The van der Waals surface area contributed by atoms with Crippen LogP contribution in [-0.4, -0.2) is 42.9 Å². The van der Waals surface area contributed by atoms with E-state index >= 15 is 0 Å². The highest BCUT2D eigenvalue weighted by Crippen LogP contribution is 2.23. The Hall–Kier alpha value is -0.770. The molecule has 108 valence electrons. The first-order chi connectivity index (χ1) is 8.84. The zero-order chi connectivity index (χ0) is 14.5. The molecule has 0 saturated heterocycles. The standard InChI is InChI=1S/C15H24ClNO2/c1-15(2,3)14(11-18)17(4)9-10-19-13-7-5-12(16)6-8-13/h5-8,14,18H,9-11H2,1-4H3/t14-/m0/s1. The second-order valence-corrected chi connectivity index (χ2v) is 6.28. The fourth-order valence-electron chi connectivity index (χ4n) is 2.07. The van der Waals surface area contributed by atoms with Gasteiger partial charge in [0.05, 0.1) is 6.61 Å². The molecular weight excluding hydrogens is 262 g/mol. The summed E-state index contributed by atoms with van der Waals surface area (Å²) < 4.78 is 5.66. The van der Waals surface area contributed by atoms with E-state index in [1.54, 1.807) is 0 Å². The van der Waals surface area contributed by atoms with E-state index in [4.69, 9.17) is 16.3 Å². The van der Waals surface area contributed by atoms with Crippen LogP contribution in [0, 0.1) is 5.41 Å². The minimum atomic E-state index is 0.0454. The average Bonchev–Trinajstić information content (AvgIpc) is 2.30. The first-order valence-corrected chi connectivity index (χ1v) is 6.92. The summed E-state index contributed by atoms with van der Waals surface area (Å²) in [5.41, 5.74) is 0.0454. The molecule has 0 unspecified atom stereocenters. The second kappa shape index (κ2) is 7.13. The largest absolute Gasteiger partial charge is 0.492 e. The number of hydrogen-bond acceptors (Lipinski definition) is 3. The van der Waals surface area contributed by atoms with Gasteiger partial charge in [0.15, 0.2) is 0 Å². The molecule has 1 rings (SSSR count). The highest BCUT2D eigenvalue weighted by atomic mass is 35.5. The molecule has 0 bridgehead atoms. The number of rotatable bonds is 6. The van der Waals surface area contributed by atoms with E-state index in [2.05, 4.69) is 25.7 Å². The van der Waals surface area contributed by atoms with Crippen LogP contribution in [0.15, 0.2) is 24.3 Å². The van der Waals surface area contributed by atoms with E-state index in [1.165, 1.54) is 0 Å². The molecule has 1 N–H and O–H groups in total. The first-order valence-electron chi connectivity index (χ1n) is 6.54. The molecule has 1 atom stereocenters. The van der Waals surface area contributed by atoms with Gasteiger partial charge in [-0.25, -0.2) is 0 Å². The third-order valence-corrected chi connectivity index (χ3v) is 3.48. The molecule has 0 radical (unpaired) electrons. The van der Waals surface area contributed by atoms with Gasteiger partial charge in [-0.3, -0.25) is 4.90 Å². The number of halogens is 1. The fraction of sp³-hybridized carbons (Fsp3) is 0.600. The van der Waals surface area contributed by atoms with Gasteiger partial charge in [0.1, 0.15) is 12.4 Å². The highest BCUT2D eigenvalue weighted by molar-refractivity contribution is 6.30. The summed E-state index contributed by atoms with van der Waals surface area (Å²) in [6.07, 6.45) is 0. The molecule has 19 heavy (non-hydrogen) atoms. The molecule has 4 heteroatoms. The van der Waals surface area contributed by atoms with Crippen LogP contribution in [0.5, 0.6) is 5.75 Å². The smallest absolute Gasteiger partial charge is 0.119 e. The van der Waals surface area contributed by atoms with Gasteiger partial charge in [0, 0.05) is 17.6 Å². The number of likely N-dealkylation sites (N-methyl/N-ethyl adjacent to an activating group) is 1. The molecule has 1 aromatic carbocycles. The Balaban J connectivity index is 2.41. The van der Waals surface area contributed by atoms with Crippen LogP contribution in [0.1, 0.15) is 20.8 Å². The summed E-state index contributed by atoms with van der Waals surface area (Å²) in [6, 6.07) is 7.46. The normalized spacial score (nSPS) is 13.6. The van der Waals surface area contributed by atoms with Crippen LogP contribution >= 0.6 is 11.6 Å². The molecule has 0 fully saturated rings. The molecule has 0 aromatic heterocycles. The van der Waals surface area contributed by atoms with Crippen molar-refractivity contribution in [1.29, 1.82) is 0 Å². The van der Waals surface area contributed by atoms with Crippen LogP contribution in [0.3, 0.4) is 0 Å². The van der Waals surface area contributed by atoms with E-state index in [1.807, 2.05) is 31.3 Å². The van der Waals surface area contributed by atoms with Crippen LogP contribution in [0.4, 0.5) is 0 Å². The maximum Gasteiger partial charge on any atom is 0.119 e. The number of ether oxygens (including phenoxy) is 1. The van der Waals surface area contributed by atoms with Crippen LogP contribution < -0.4 is 4.74 Å². The quantitative estimate of drug-likeness (QED) is 0.872. The molecule has 3 nitrogen and oxygen atoms in total. The number of benzene rings is 1. The Labute approximate surface area is 121 Å². The van der Waals surface area contributed by atoms with Crippen molar-refractivity contribution < 1.29 is 9.84 Å². The highest BCUT2D eigenvalue weighted by Gasteiger charge is 2.27. The maximum absolute atomic E-state index is 9.48. The number of hydrogen-bond donors (Lipinski definition) is 1. The van der Waals surface area contributed by atoms with Crippen LogP contribution in [-0.2, 0) is 0 Å². The molecular formula is C15H24ClNO2. The summed E-state index contributed by atoms with van der Waals surface area (Å²) in [6.45, 7) is 7.90. The van der Waals surface area contributed by atoms with Gasteiger partial charge in [0.25, 0.3) is 0 Å². The molecule has 0 aliphatic heterocycles. The molecule has 0 aliphatic rings. The van der Waals surface area contributed by atoms with Crippen LogP contribution in [0.25, 0.3) is 0 Å². The molecule has 0 amide bonds. The van der Waals surface area contributed by atoms with Crippen molar-refractivity contribution in [2.45, 2.75) is 26.8 Å². The zero-order valence-corrected chi connectivity index (χ0v) is 12.9. The lowest BCUT2D eigenvalue weighted by molar-refractivity contribution is 0.0575. The Bertz CT molecular complexity index is 373. The Morgan fingerprint density at radius 3 is 2.32 bits per heavy atom. The first kappa shape index (κ1) is 16.3. The number of nitrogens with zero attached hydrogens (tertiary/aromatic N) is 1. The van der Waals surface area contributed by atoms with Gasteiger partial charge in [0.2, 0.25) is 0 Å². The van der Waals surface area contributed by atoms with Crippen molar-refractivity contribution in [3.63, 3.8) is 0 Å². The lowest BCUT2D eigenvalue weighted by Gasteiger charge is -2.36. The zero-order valence-electron chi connectivity index (χ0n) is 12.2. The molecule has 0 saturated carbocycles. The number of aliphatic hydroxyl groups is 1. The van der Waals surface area contributed by atoms with Gasteiger partial charge in [-0.05, 0) is 36.7 Å². The lowest BCUT2D eigenvalue weighted by Crippen LogP contribution is -2.45.